The maximum Gasteiger partial charge on any atom is 0.247 e. The fourth-order valence-electron chi connectivity index (χ4n) is 0.730. The van der Waals surface area contributed by atoms with Crippen LogP contribution in [0.5, 0.6) is 0 Å². The highest BCUT2D eigenvalue weighted by Gasteiger charge is 2.25. The molecule has 0 radical (unpaired) electrons. The van der Waals surface area contributed by atoms with Crippen LogP contribution in [-0.2, 0) is 20.9 Å². The van der Waals surface area contributed by atoms with Crippen molar-refractivity contribution >= 4 is 28.9 Å². The van der Waals surface area contributed by atoms with Gasteiger partial charge >= 0.3 is 0 Å². The van der Waals surface area contributed by atoms with Crippen molar-refractivity contribution in [2.45, 2.75) is 19.4 Å². The second-order valence-electron chi connectivity index (χ2n) is 2.17. The third-order valence-electron chi connectivity index (χ3n) is 1.31. The zero-order valence-electron chi connectivity index (χ0n) is 6.07. The predicted molar refractivity (Wildman–Crippen MR) is 48.9 cm³/mol. The topological polar surface area (TPSA) is 18.5 Å². The first-order chi connectivity index (χ1) is 4.66. The summed E-state index contributed by atoms with van der Waals surface area (Å²) in [6.07, 6.45) is 3.20. The highest BCUT2D eigenvalue weighted by Crippen LogP contribution is 2.62. The van der Waals surface area contributed by atoms with Gasteiger partial charge in [0.2, 0.25) is 5.69 Å². The van der Waals surface area contributed by atoms with E-state index in [0.29, 0.717) is 0 Å². The molecule has 0 bridgehead atoms. The summed E-state index contributed by atoms with van der Waals surface area (Å²) in [6, 6.07) is 0. The van der Waals surface area contributed by atoms with Gasteiger partial charge in [0.1, 0.15) is 0 Å². The summed E-state index contributed by atoms with van der Waals surface area (Å²) in [5.41, 5.74) is -1.90. The molecule has 1 saturated heterocycles. The number of rotatable bonds is 1. The van der Waals surface area contributed by atoms with E-state index in [4.69, 9.17) is 20.9 Å². The van der Waals surface area contributed by atoms with Gasteiger partial charge in [0.15, 0.2) is 0 Å². The van der Waals surface area contributed by atoms with E-state index in [0.717, 1.165) is 13.0 Å². The Labute approximate surface area is 70.6 Å². The fourth-order valence-corrected chi connectivity index (χ4v) is 3.76. The van der Waals surface area contributed by atoms with Crippen LogP contribution in [-0.4, -0.2) is 19.0 Å². The molecular formula is C5H11O2PS2. The van der Waals surface area contributed by atoms with E-state index in [2.05, 4.69) is 0 Å². The summed E-state index contributed by atoms with van der Waals surface area (Å²) in [7, 11) is 0. The molecule has 1 heterocycles. The standard InChI is InChI=1S/C5H11O2PS2/c1-5-3-4-6-8(9,7-5)10-2/h5H,3-4H2,1-2H3. The van der Waals surface area contributed by atoms with E-state index in [-0.39, 0.29) is 6.10 Å². The van der Waals surface area contributed by atoms with Crippen LogP contribution < -0.4 is 0 Å². The molecular weight excluding hydrogens is 187 g/mol. The normalized spacial score (nSPS) is 41.6. The lowest BCUT2D eigenvalue weighted by Crippen LogP contribution is -2.15. The van der Waals surface area contributed by atoms with Crippen LogP contribution in [0.1, 0.15) is 13.3 Å². The number of hydrogen-bond acceptors (Lipinski definition) is 4. The second kappa shape index (κ2) is 3.55. The average molecular weight is 198 g/mol. The van der Waals surface area contributed by atoms with Crippen molar-refractivity contribution in [2.24, 2.45) is 0 Å². The molecule has 0 spiro atoms. The second-order valence-corrected chi connectivity index (χ2v) is 8.57. The van der Waals surface area contributed by atoms with Crippen molar-refractivity contribution in [3.63, 3.8) is 0 Å². The lowest BCUT2D eigenvalue weighted by Gasteiger charge is -2.28. The SMILES string of the molecule is CSP1(=S)OCCC(C)O1. The van der Waals surface area contributed by atoms with E-state index < -0.39 is 5.69 Å². The summed E-state index contributed by atoms with van der Waals surface area (Å²) in [6.45, 7) is 2.80. The zero-order valence-corrected chi connectivity index (χ0v) is 8.60. The van der Waals surface area contributed by atoms with Crippen LogP contribution in [0.3, 0.4) is 0 Å². The molecule has 0 aromatic heterocycles. The van der Waals surface area contributed by atoms with Crippen LogP contribution >= 0.6 is 17.1 Å². The molecule has 0 aliphatic carbocycles. The molecule has 0 N–H and O–H groups in total. The van der Waals surface area contributed by atoms with Crippen LogP contribution in [0.2, 0.25) is 0 Å². The van der Waals surface area contributed by atoms with Crippen molar-refractivity contribution in [1.82, 2.24) is 0 Å². The van der Waals surface area contributed by atoms with E-state index in [1.54, 1.807) is 0 Å². The lowest BCUT2D eigenvalue weighted by atomic mass is 10.3. The smallest absolute Gasteiger partial charge is 0.247 e. The molecule has 0 aromatic carbocycles. The average Bonchev–Trinajstić information content (AvgIpc) is 1.88. The Balaban J connectivity index is 2.54. The Kier molecular flexibility index (Phi) is 3.20. The molecule has 0 saturated carbocycles. The molecule has 2 unspecified atom stereocenters. The van der Waals surface area contributed by atoms with Crippen LogP contribution in [0.25, 0.3) is 0 Å². The van der Waals surface area contributed by atoms with E-state index in [1.165, 1.54) is 11.4 Å². The van der Waals surface area contributed by atoms with Gasteiger partial charge in [0, 0.05) is 0 Å². The van der Waals surface area contributed by atoms with Crippen molar-refractivity contribution in [1.29, 1.82) is 0 Å². The monoisotopic (exact) mass is 198 g/mol. The van der Waals surface area contributed by atoms with Gasteiger partial charge in [-0.05, 0) is 31.4 Å². The minimum atomic E-state index is -1.90. The van der Waals surface area contributed by atoms with Gasteiger partial charge in [-0.15, -0.1) is 0 Å². The first-order valence-electron chi connectivity index (χ1n) is 3.15. The number of hydrogen-bond donors (Lipinski definition) is 0. The minimum Gasteiger partial charge on any atom is -0.322 e. The third-order valence-corrected chi connectivity index (χ3v) is 6.70. The molecule has 2 nitrogen and oxygen atoms in total. The van der Waals surface area contributed by atoms with Crippen LogP contribution in [0, 0.1) is 0 Å². The summed E-state index contributed by atoms with van der Waals surface area (Å²) in [4.78, 5) is 0. The van der Waals surface area contributed by atoms with Crippen LogP contribution in [0.15, 0.2) is 0 Å². The van der Waals surface area contributed by atoms with Crippen molar-refractivity contribution in [3.05, 3.63) is 0 Å². The molecule has 60 valence electrons. The first-order valence-corrected chi connectivity index (χ1v) is 7.62. The zero-order chi connectivity index (χ0) is 7.61. The van der Waals surface area contributed by atoms with Gasteiger partial charge in [-0.3, -0.25) is 0 Å². The Morgan fingerprint density at radius 1 is 1.70 bits per heavy atom. The maximum atomic E-state index is 5.49. The fraction of sp³-hybridized carbons (Fsp3) is 1.00. The maximum absolute atomic E-state index is 5.49. The van der Waals surface area contributed by atoms with Gasteiger partial charge in [-0.1, -0.05) is 11.4 Å². The lowest BCUT2D eigenvalue weighted by molar-refractivity contribution is 0.128. The van der Waals surface area contributed by atoms with Gasteiger partial charge in [-0.25, -0.2) is 0 Å². The van der Waals surface area contributed by atoms with Gasteiger partial charge in [0.05, 0.1) is 12.7 Å². The van der Waals surface area contributed by atoms with Crippen molar-refractivity contribution < 1.29 is 9.05 Å². The summed E-state index contributed by atoms with van der Waals surface area (Å²) in [5.74, 6) is 0. The van der Waals surface area contributed by atoms with Gasteiger partial charge in [0.25, 0.3) is 0 Å². The molecule has 1 fully saturated rings. The van der Waals surface area contributed by atoms with Crippen molar-refractivity contribution in [3.8, 4) is 0 Å². The summed E-state index contributed by atoms with van der Waals surface area (Å²) < 4.78 is 10.8. The predicted octanol–water partition coefficient (Wildman–Crippen LogP) is 2.40. The quantitative estimate of drug-likeness (QED) is 0.602. The van der Waals surface area contributed by atoms with E-state index in [9.17, 15) is 0 Å². The molecule has 1 rings (SSSR count). The highest BCUT2D eigenvalue weighted by molar-refractivity contribution is 8.67. The first kappa shape index (κ1) is 9.01. The Bertz CT molecular complexity index is 162. The van der Waals surface area contributed by atoms with Crippen molar-refractivity contribution in [2.75, 3.05) is 12.9 Å². The molecule has 0 amide bonds. The van der Waals surface area contributed by atoms with Gasteiger partial charge in [-0.2, -0.15) is 0 Å². The highest BCUT2D eigenvalue weighted by atomic mass is 32.9. The Hall–Kier alpha value is 0.920. The molecule has 1 aliphatic heterocycles. The third kappa shape index (κ3) is 2.21. The molecule has 2 atom stereocenters. The Morgan fingerprint density at radius 2 is 2.40 bits per heavy atom. The summed E-state index contributed by atoms with van der Waals surface area (Å²) >= 11 is 6.69. The van der Waals surface area contributed by atoms with Crippen LogP contribution in [0.4, 0.5) is 0 Å². The Morgan fingerprint density at radius 3 is 2.80 bits per heavy atom. The van der Waals surface area contributed by atoms with E-state index in [1.807, 2.05) is 13.2 Å². The van der Waals surface area contributed by atoms with E-state index >= 15 is 0 Å². The molecule has 1 aliphatic rings. The van der Waals surface area contributed by atoms with Gasteiger partial charge < -0.3 is 9.05 Å². The minimum absolute atomic E-state index is 0.284. The largest absolute Gasteiger partial charge is 0.322 e. The molecule has 5 heteroatoms. The summed E-state index contributed by atoms with van der Waals surface area (Å²) in [5, 5.41) is 0. The molecule has 0 aromatic rings. The molecule has 10 heavy (non-hydrogen) atoms.